The van der Waals surface area contributed by atoms with Gasteiger partial charge < -0.3 is 5.11 Å². The van der Waals surface area contributed by atoms with Crippen LogP contribution in [0, 0.1) is 5.41 Å². The Morgan fingerprint density at radius 3 is 2.72 bits per heavy atom. The molecule has 0 aromatic carbocycles. The fourth-order valence-electron chi connectivity index (χ4n) is 2.27. The van der Waals surface area contributed by atoms with Crippen molar-refractivity contribution in [3.8, 4) is 5.75 Å². The van der Waals surface area contributed by atoms with Crippen molar-refractivity contribution in [1.29, 1.82) is 0 Å². The van der Waals surface area contributed by atoms with Gasteiger partial charge in [0, 0.05) is 6.54 Å². The number of nitrogens with zero attached hydrogens (tertiary/aromatic N) is 2. The minimum Gasteiger partial charge on any atom is -0.506 e. The van der Waals surface area contributed by atoms with E-state index in [0.29, 0.717) is 12.4 Å². The van der Waals surface area contributed by atoms with E-state index in [0.717, 1.165) is 19.3 Å². The predicted octanol–water partition coefficient (Wildman–Crippen LogP) is 1.33. The molecule has 0 unspecified atom stereocenters. The molecule has 1 saturated heterocycles. The van der Waals surface area contributed by atoms with Gasteiger partial charge in [-0.05, 0) is 31.4 Å². The molecule has 6 heteroatoms. The molecule has 3 rings (SSSR count). The Balaban J connectivity index is 1.68. The van der Waals surface area contributed by atoms with Crippen molar-refractivity contribution in [2.24, 2.45) is 5.41 Å². The molecule has 1 aromatic rings. The first kappa shape index (κ1) is 11.0. The lowest BCUT2D eigenvalue weighted by Gasteiger charge is -2.15. The third kappa shape index (κ3) is 1.70. The molecule has 2 heterocycles. The van der Waals surface area contributed by atoms with Crippen molar-refractivity contribution in [3.63, 3.8) is 0 Å². The number of aromatic hydroxyl groups is 1. The smallest absolute Gasteiger partial charge is 0.329 e. The second kappa shape index (κ2) is 3.69. The van der Waals surface area contributed by atoms with Crippen LogP contribution in [0.25, 0.3) is 0 Å². The van der Waals surface area contributed by atoms with E-state index in [2.05, 4.69) is 10.3 Å². The van der Waals surface area contributed by atoms with Gasteiger partial charge in [-0.1, -0.05) is 0 Å². The van der Waals surface area contributed by atoms with Gasteiger partial charge in [0.15, 0.2) is 0 Å². The maximum atomic E-state index is 12.0. The van der Waals surface area contributed by atoms with Gasteiger partial charge in [0.25, 0.3) is 0 Å². The van der Waals surface area contributed by atoms with Crippen LogP contribution in [0.1, 0.15) is 19.3 Å². The van der Waals surface area contributed by atoms with Gasteiger partial charge in [-0.2, -0.15) is 0 Å². The monoisotopic (exact) mass is 247 g/mol. The predicted molar refractivity (Wildman–Crippen MR) is 62.9 cm³/mol. The molecular formula is C12H13N3O3. The van der Waals surface area contributed by atoms with Gasteiger partial charge in [-0.15, -0.1) is 0 Å². The van der Waals surface area contributed by atoms with Crippen molar-refractivity contribution in [1.82, 2.24) is 9.88 Å². The number of anilines is 1. The normalized spacial score (nSPS) is 20.2. The Hall–Kier alpha value is -2.11. The standard InChI is InChI=1S/C12H13N3O3/c16-8-1-2-9(13-7-8)14-11(18)15-6-5-12(3-4-12)10(15)17/h1-2,7,16H,3-6H2,(H,13,14,18). The number of urea groups is 1. The largest absolute Gasteiger partial charge is 0.506 e. The van der Waals surface area contributed by atoms with Crippen LogP contribution in [0.15, 0.2) is 18.3 Å². The van der Waals surface area contributed by atoms with Crippen molar-refractivity contribution < 1.29 is 14.7 Å². The van der Waals surface area contributed by atoms with Crippen molar-refractivity contribution in [2.75, 3.05) is 11.9 Å². The molecular weight excluding hydrogens is 234 g/mol. The molecule has 0 bridgehead atoms. The van der Waals surface area contributed by atoms with Crippen molar-refractivity contribution >= 4 is 17.8 Å². The highest BCUT2D eigenvalue weighted by Gasteiger charge is 2.56. The molecule has 18 heavy (non-hydrogen) atoms. The number of carbonyl (C=O) groups is 2. The number of rotatable bonds is 1. The lowest BCUT2D eigenvalue weighted by Crippen LogP contribution is -2.37. The van der Waals surface area contributed by atoms with Crippen LogP contribution in [-0.4, -0.2) is 33.5 Å². The molecule has 0 atom stereocenters. The summed E-state index contributed by atoms with van der Waals surface area (Å²) in [7, 11) is 0. The van der Waals surface area contributed by atoms with Crippen LogP contribution >= 0.6 is 0 Å². The minimum absolute atomic E-state index is 0.0298. The van der Waals surface area contributed by atoms with E-state index in [1.807, 2.05) is 0 Å². The maximum Gasteiger partial charge on any atom is 0.329 e. The molecule has 0 radical (unpaired) electrons. The van der Waals surface area contributed by atoms with E-state index in [1.165, 1.54) is 23.2 Å². The molecule has 2 N–H and O–H groups in total. The van der Waals surface area contributed by atoms with Crippen LogP contribution in [-0.2, 0) is 4.79 Å². The highest BCUT2D eigenvalue weighted by atomic mass is 16.3. The Bertz CT molecular complexity index is 508. The maximum absolute atomic E-state index is 12.0. The number of carbonyl (C=O) groups excluding carboxylic acids is 2. The Labute approximate surface area is 104 Å². The molecule has 1 saturated carbocycles. The number of pyridine rings is 1. The van der Waals surface area contributed by atoms with Gasteiger partial charge in [-0.25, -0.2) is 9.78 Å². The average Bonchev–Trinajstić information content (AvgIpc) is 3.06. The Morgan fingerprint density at radius 1 is 1.39 bits per heavy atom. The van der Waals surface area contributed by atoms with Crippen LogP contribution in [0.2, 0.25) is 0 Å². The zero-order valence-electron chi connectivity index (χ0n) is 9.72. The zero-order chi connectivity index (χ0) is 12.8. The van der Waals surface area contributed by atoms with Crippen LogP contribution < -0.4 is 5.32 Å². The zero-order valence-corrected chi connectivity index (χ0v) is 9.72. The van der Waals surface area contributed by atoms with Crippen molar-refractivity contribution in [3.05, 3.63) is 18.3 Å². The molecule has 1 aromatic heterocycles. The summed E-state index contributed by atoms with van der Waals surface area (Å²) in [6.07, 6.45) is 3.80. The van der Waals surface area contributed by atoms with Gasteiger partial charge in [0.05, 0.1) is 11.6 Å². The highest BCUT2D eigenvalue weighted by molar-refractivity contribution is 6.05. The number of imide groups is 1. The molecule has 6 nitrogen and oxygen atoms in total. The second-order valence-corrected chi connectivity index (χ2v) is 4.82. The third-order valence-corrected chi connectivity index (χ3v) is 3.59. The second-order valence-electron chi connectivity index (χ2n) is 4.82. The van der Waals surface area contributed by atoms with E-state index in [-0.39, 0.29) is 17.1 Å². The summed E-state index contributed by atoms with van der Waals surface area (Å²) >= 11 is 0. The summed E-state index contributed by atoms with van der Waals surface area (Å²) in [6, 6.07) is 2.47. The molecule has 2 aliphatic rings. The van der Waals surface area contributed by atoms with Crippen LogP contribution in [0.3, 0.4) is 0 Å². The topological polar surface area (TPSA) is 82.5 Å². The van der Waals surface area contributed by atoms with E-state index < -0.39 is 6.03 Å². The van der Waals surface area contributed by atoms with Gasteiger partial charge in [0.1, 0.15) is 11.6 Å². The van der Waals surface area contributed by atoms with Gasteiger partial charge in [-0.3, -0.25) is 15.0 Å². The van der Waals surface area contributed by atoms with Gasteiger partial charge >= 0.3 is 6.03 Å². The summed E-state index contributed by atoms with van der Waals surface area (Å²) in [6.45, 7) is 0.475. The molecule has 1 spiro atoms. The van der Waals surface area contributed by atoms with E-state index in [1.54, 1.807) is 0 Å². The quantitative estimate of drug-likeness (QED) is 0.784. The van der Waals surface area contributed by atoms with E-state index in [9.17, 15) is 9.59 Å². The number of amides is 3. The third-order valence-electron chi connectivity index (χ3n) is 3.59. The lowest BCUT2D eigenvalue weighted by molar-refractivity contribution is -0.129. The number of likely N-dealkylation sites (tertiary alicyclic amines) is 1. The average molecular weight is 247 g/mol. The summed E-state index contributed by atoms with van der Waals surface area (Å²) in [5, 5.41) is 11.6. The summed E-state index contributed by atoms with van der Waals surface area (Å²) in [4.78, 5) is 29.0. The number of hydrogen-bond acceptors (Lipinski definition) is 4. The fourth-order valence-corrected chi connectivity index (χ4v) is 2.27. The first-order valence-corrected chi connectivity index (χ1v) is 5.89. The lowest BCUT2D eigenvalue weighted by atomic mass is 10.1. The molecule has 2 fully saturated rings. The fraction of sp³-hybridized carbons (Fsp3) is 0.417. The van der Waals surface area contributed by atoms with Crippen molar-refractivity contribution in [2.45, 2.75) is 19.3 Å². The molecule has 1 aliphatic heterocycles. The first-order chi connectivity index (χ1) is 8.61. The number of nitrogens with one attached hydrogen (secondary N) is 1. The van der Waals surface area contributed by atoms with E-state index in [4.69, 9.17) is 5.11 Å². The summed E-state index contributed by atoms with van der Waals surface area (Å²) < 4.78 is 0. The first-order valence-electron chi connectivity index (χ1n) is 5.89. The van der Waals surface area contributed by atoms with Crippen LogP contribution in [0.4, 0.5) is 10.6 Å². The Kier molecular flexibility index (Phi) is 2.26. The molecule has 3 amide bonds. The van der Waals surface area contributed by atoms with Crippen LogP contribution in [0.5, 0.6) is 5.75 Å². The Morgan fingerprint density at radius 2 is 2.17 bits per heavy atom. The molecule has 94 valence electrons. The summed E-state index contributed by atoms with van der Waals surface area (Å²) in [5.74, 6) is 0.281. The highest BCUT2D eigenvalue weighted by Crippen LogP contribution is 2.53. The minimum atomic E-state index is -0.443. The number of hydrogen-bond donors (Lipinski definition) is 2. The SMILES string of the molecule is O=C(Nc1ccc(O)cn1)N1CCC2(CC2)C1=O. The number of aromatic nitrogens is 1. The van der Waals surface area contributed by atoms with E-state index >= 15 is 0 Å². The summed E-state index contributed by atoms with van der Waals surface area (Å²) in [5.41, 5.74) is -0.236. The van der Waals surface area contributed by atoms with Gasteiger partial charge in [0.2, 0.25) is 5.91 Å². The molecule has 1 aliphatic carbocycles.